The molecule has 19 heavy (non-hydrogen) atoms. The van der Waals surface area contributed by atoms with Crippen molar-refractivity contribution in [1.82, 2.24) is 0 Å². The van der Waals surface area contributed by atoms with Gasteiger partial charge in [-0.3, -0.25) is 0 Å². The molecule has 1 fully saturated rings. The van der Waals surface area contributed by atoms with Gasteiger partial charge in [-0.1, -0.05) is 25.2 Å². The lowest BCUT2D eigenvalue weighted by molar-refractivity contribution is 0.0300. The Hall–Kier alpha value is -0.650. The van der Waals surface area contributed by atoms with Crippen molar-refractivity contribution >= 4 is 38.8 Å². The van der Waals surface area contributed by atoms with Crippen LogP contribution < -0.4 is 11.1 Å². The van der Waals surface area contributed by atoms with Crippen LogP contribution in [0.4, 0.5) is 5.69 Å². The molecule has 3 N–H and O–H groups in total. The third-order valence-electron chi connectivity index (χ3n) is 3.67. The number of rotatable bonds is 4. The van der Waals surface area contributed by atoms with Gasteiger partial charge >= 0.3 is 0 Å². The lowest BCUT2D eigenvalue weighted by Gasteiger charge is -2.34. The van der Waals surface area contributed by atoms with E-state index in [1.165, 1.54) is 0 Å². The fraction of sp³-hybridized carbons (Fsp3) is 0.500. The van der Waals surface area contributed by atoms with Crippen LogP contribution in [0.2, 0.25) is 0 Å². The number of nitrogens with two attached hydrogens (primary N) is 1. The van der Waals surface area contributed by atoms with Crippen molar-refractivity contribution in [2.75, 3.05) is 25.1 Å². The Morgan fingerprint density at radius 3 is 2.79 bits per heavy atom. The Labute approximate surface area is 128 Å². The molecule has 3 nitrogen and oxygen atoms in total. The van der Waals surface area contributed by atoms with Crippen molar-refractivity contribution in [3.8, 4) is 0 Å². The summed E-state index contributed by atoms with van der Waals surface area (Å²) in [5, 5.41) is 3.49. The predicted molar refractivity (Wildman–Crippen MR) is 86.7 cm³/mol. The Kier molecular flexibility index (Phi) is 4.81. The monoisotopic (exact) mass is 342 g/mol. The lowest BCUT2D eigenvalue weighted by Crippen LogP contribution is -2.33. The minimum absolute atomic E-state index is 0.272. The summed E-state index contributed by atoms with van der Waals surface area (Å²) in [7, 11) is 0. The molecule has 104 valence electrons. The van der Waals surface area contributed by atoms with Crippen molar-refractivity contribution in [2.45, 2.75) is 19.8 Å². The number of anilines is 1. The molecule has 1 heterocycles. The van der Waals surface area contributed by atoms with Crippen molar-refractivity contribution in [3.63, 3.8) is 0 Å². The summed E-state index contributed by atoms with van der Waals surface area (Å²) < 4.78 is 6.35. The molecule has 1 saturated heterocycles. The lowest BCUT2D eigenvalue weighted by atomic mass is 9.82. The summed E-state index contributed by atoms with van der Waals surface area (Å²) in [5.74, 6) is 0. The van der Waals surface area contributed by atoms with Gasteiger partial charge in [-0.25, -0.2) is 0 Å². The molecular weight excluding hydrogens is 324 g/mol. The van der Waals surface area contributed by atoms with E-state index in [9.17, 15) is 0 Å². The van der Waals surface area contributed by atoms with E-state index in [1.54, 1.807) is 0 Å². The van der Waals surface area contributed by atoms with Gasteiger partial charge in [0.2, 0.25) is 0 Å². The van der Waals surface area contributed by atoms with Gasteiger partial charge in [-0.05, 0) is 46.3 Å². The van der Waals surface area contributed by atoms with Gasteiger partial charge in [0.25, 0.3) is 0 Å². The first-order chi connectivity index (χ1) is 9.02. The van der Waals surface area contributed by atoms with Crippen LogP contribution in [-0.2, 0) is 4.74 Å². The van der Waals surface area contributed by atoms with Gasteiger partial charge in [-0.15, -0.1) is 0 Å². The number of thiocarbonyl (C=S) groups is 1. The Bertz CT molecular complexity index is 473. The molecule has 2 rings (SSSR count). The van der Waals surface area contributed by atoms with Crippen LogP contribution in [0.1, 0.15) is 25.3 Å². The number of halogens is 1. The average Bonchev–Trinajstić information content (AvgIpc) is 2.37. The van der Waals surface area contributed by atoms with E-state index < -0.39 is 0 Å². The summed E-state index contributed by atoms with van der Waals surface area (Å²) in [4.78, 5) is 0.409. The average molecular weight is 343 g/mol. The molecule has 0 spiro atoms. The zero-order valence-corrected chi connectivity index (χ0v) is 13.4. The van der Waals surface area contributed by atoms with Crippen LogP contribution in [0, 0.1) is 5.41 Å². The molecule has 1 aromatic rings. The van der Waals surface area contributed by atoms with E-state index in [2.05, 4.69) is 28.2 Å². The standard InChI is InChI=1S/C14H19BrN2OS/c1-14(5-7-18-8-6-14)9-17-11-4-2-3-10(15)12(11)13(16)19/h2-4,17H,5-9H2,1H3,(H2,16,19). The van der Waals surface area contributed by atoms with E-state index in [0.717, 1.165) is 48.3 Å². The second kappa shape index (κ2) is 6.20. The Balaban J connectivity index is 2.11. The summed E-state index contributed by atoms with van der Waals surface area (Å²) in [6, 6.07) is 5.96. The predicted octanol–water partition coefficient (Wildman–Crippen LogP) is 3.31. The molecule has 0 amide bonds. The summed E-state index contributed by atoms with van der Waals surface area (Å²) in [5.41, 5.74) is 7.95. The number of nitrogens with one attached hydrogen (secondary N) is 1. The minimum Gasteiger partial charge on any atom is -0.389 e. The van der Waals surface area contributed by atoms with E-state index in [0.29, 0.717) is 4.99 Å². The largest absolute Gasteiger partial charge is 0.389 e. The third kappa shape index (κ3) is 3.68. The molecular formula is C14H19BrN2OS. The third-order valence-corrected chi connectivity index (χ3v) is 4.53. The second-order valence-corrected chi connectivity index (χ2v) is 6.60. The minimum atomic E-state index is 0.272. The SMILES string of the molecule is CC1(CNc2cccc(Br)c2C(N)=S)CCOCC1. The Morgan fingerprint density at radius 1 is 1.47 bits per heavy atom. The molecule has 5 heteroatoms. The maximum Gasteiger partial charge on any atom is 0.107 e. The topological polar surface area (TPSA) is 47.3 Å². The molecule has 0 unspecified atom stereocenters. The molecule has 1 aliphatic rings. The van der Waals surface area contributed by atoms with Gasteiger partial charge in [-0.2, -0.15) is 0 Å². The molecule has 0 aliphatic carbocycles. The first kappa shape index (κ1) is 14.8. The van der Waals surface area contributed by atoms with Gasteiger partial charge < -0.3 is 15.8 Å². The van der Waals surface area contributed by atoms with Crippen LogP contribution in [0.5, 0.6) is 0 Å². The van der Waals surface area contributed by atoms with E-state index in [4.69, 9.17) is 22.7 Å². The maximum absolute atomic E-state index is 5.80. The maximum atomic E-state index is 5.80. The van der Waals surface area contributed by atoms with Crippen LogP contribution >= 0.6 is 28.1 Å². The number of hydrogen-bond donors (Lipinski definition) is 2. The van der Waals surface area contributed by atoms with Crippen molar-refractivity contribution in [2.24, 2.45) is 11.1 Å². The highest BCUT2D eigenvalue weighted by Crippen LogP contribution is 2.31. The van der Waals surface area contributed by atoms with Crippen molar-refractivity contribution in [3.05, 3.63) is 28.2 Å². The molecule has 1 aliphatic heterocycles. The molecule has 0 saturated carbocycles. The van der Waals surface area contributed by atoms with Crippen molar-refractivity contribution in [1.29, 1.82) is 0 Å². The number of ether oxygens (including phenoxy) is 1. The highest BCUT2D eigenvalue weighted by molar-refractivity contribution is 9.10. The second-order valence-electron chi connectivity index (χ2n) is 5.30. The quantitative estimate of drug-likeness (QED) is 0.824. The molecule has 0 aromatic heterocycles. The normalized spacial score (nSPS) is 18.0. The molecule has 1 aromatic carbocycles. The first-order valence-corrected chi connectivity index (χ1v) is 7.62. The summed E-state index contributed by atoms with van der Waals surface area (Å²) in [6.45, 7) is 4.89. The first-order valence-electron chi connectivity index (χ1n) is 6.42. The van der Waals surface area contributed by atoms with Crippen LogP contribution in [0.15, 0.2) is 22.7 Å². The fourth-order valence-electron chi connectivity index (χ4n) is 2.27. The van der Waals surface area contributed by atoms with E-state index in [-0.39, 0.29) is 5.41 Å². The Morgan fingerprint density at radius 2 is 2.16 bits per heavy atom. The van der Waals surface area contributed by atoms with Gasteiger partial charge in [0.15, 0.2) is 0 Å². The van der Waals surface area contributed by atoms with Crippen LogP contribution in [-0.4, -0.2) is 24.7 Å². The molecule has 0 atom stereocenters. The highest BCUT2D eigenvalue weighted by Gasteiger charge is 2.27. The zero-order valence-electron chi connectivity index (χ0n) is 11.0. The van der Waals surface area contributed by atoms with Gasteiger partial charge in [0, 0.05) is 35.5 Å². The van der Waals surface area contributed by atoms with Crippen LogP contribution in [0.25, 0.3) is 0 Å². The van der Waals surface area contributed by atoms with Crippen LogP contribution in [0.3, 0.4) is 0 Å². The van der Waals surface area contributed by atoms with E-state index in [1.807, 2.05) is 18.2 Å². The molecule has 0 radical (unpaired) electrons. The molecule has 0 bridgehead atoms. The highest BCUT2D eigenvalue weighted by atomic mass is 79.9. The van der Waals surface area contributed by atoms with Crippen molar-refractivity contribution < 1.29 is 4.74 Å². The number of hydrogen-bond acceptors (Lipinski definition) is 3. The van der Waals surface area contributed by atoms with Gasteiger partial charge in [0.05, 0.1) is 0 Å². The summed E-state index contributed by atoms with van der Waals surface area (Å²) >= 11 is 8.62. The van der Waals surface area contributed by atoms with E-state index >= 15 is 0 Å². The zero-order chi connectivity index (χ0) is 13.9. The van der Waals surface area contributed by atoms with Gasteiger partial charge in [0.1, 0.15) is 4.99 Å². The summed E-state index contributed by atoms with van der Waals surface area (Å²) in [6.07, 6.45) is 2.16. The number of benzene rings is 1. The smallest absolute Gasteiger partial charge is 0.107 e. The fourth-order valence-corrected chi connectivity index (χ4v) is 3.20.